The highest BCUT2D eigenvalue weighted by atomic mass is 79.9. The number of nitrogens with one attached hydrogen (secondary N) is 2. The highest BCUT2D eigenvalue weighted by Crippen LogP contribution is 2.15. The molecule has 0 aliphatic heterocycles. The zero-order valence-electron chi connectivity index (χ0n) is 9.87. The van der Waals surface area contributed by atoms with E-state index in [1.54, 1.807) is 19.4 Å². The van der Waals surface area contributed by atoms with Gasteiger partial charge in [-0.25, -0.2) is 0 Å². The van der Waals surface area contributed by atoms with Crippen LogP contribution >= 0.6 is 15.9 Å². The molecule has 1 aromatic heterocycles. The molecule has 4 nitrogen and oxygen atoms in total. The molecule has 0 unspecified atom stereocenters. The minimum absolute atomic E-state index is 0.171. The fraction of sp³-hybridized carbons (Fsp3) is 0.154. The van der Waals surface area contributed by atoms with Crippen molar-refractivity contribution in [2.75, 3.05) is 12.4 Å². The molecular formula is C13H13BrN2O2. The zero-order valence-corrected chi connectivity index (χ0v) is 11.5. The van der Waals surface area contributed by atoms with Crippen LogP contribution in [0.25, 0.3) is 0 Å². The predicted molar refractivity (Wildman–Crippen MR) is 73.6 cm³/mol. The summed E-state index contributed by atoms with van der Waals surface area (Å²) in [6, 6.07) is 9.29. The Morgan fingerprint density at radius 2 is 2.28 bits per heavy atom. The van der Waals surface area contributed by atoms with Gasteiger partial charge in [-0.2, -0.15) is 0 Å². The largest absolute Gasteiger partial charge is 0.380 e. The van der Waals surface area contributed by atoms with Gasteiger partial charge in [0.25, 0.3) is 5.91 Å². The molecule has 1 heterocycles. The van der Waals surface area contributed by atoms with Crippen molar-refractivity contribution in [3.63, 3.8) is 0 Å². The lowest BCUT2D eigenvalue weighted by molar-refractivity contribution is 0.102. The summed E-state index contributed by atoms with van der Waals surface area (Å²) < 4.78 is 5.90. The van der Waals surface area contributed by atoms with Gasteiger partial charge in [0.05, 0.1) is 6.61 Å². The fourth-order valence-corrected chi connectivity index (χ4v) is 1.95. The summed E-state index contributed by atoms with van der Waals surface area (Å²) in [7, 11) is 1.64. The molecule has 0 bridgehead atoms. The van der Waals surface area contributed by atoms with Crippen LogP contribution in [0.15, 0.2) is 41.0 Å². The number of carbonyl (C=O) groups excluding carboxylic acids is 1. The minimum atomic E-state index is -0.171. The van der Waals surface area contributed by atoms with E-state index in [1.165, 1.54) is 0 Å². The first kappa shape index (κ1) is 12.9. The molecule has 0 saturated carbocycles. The maximum Gasteiger partial charge on any atom is 0.272 e. The summed E-state index contributed by atoms with van der Waals surface area (Å²) in [5.74, 6) is -0.171. The molecule has 0 radical (unpaired) electrons. The molecule has 18 heavy (non-hydrogen) atoms. The normalized spacial score (nSPS) is 10.3. The van der Waals surface area contributed by atoms with Crippen molar-refractivity contribution >= 4 is 27.5 Å². The zero-order chi connectivity index (χ0) is 13.0. The van der Waals surface area contributed by atoms with Crippen molar-refractivity contribution in [3.8, 4) is 0 Å². The molecule has 2 N–H and O–H groups in total. The van der Waals surface area contributed by atoms with Gasteiger partial charge >= 0.3 is 0 Å². The third-order valence-corrected chi connectivity index (χ3v) is 2.85. The molecule has 1 amide bonds. The number of H-pyrrole nitrogens is 1. The maximum atomic E-state index is 11.9. The monoisotopic (exact) mass is 308 g/mol. The Morgan fingerprint density at radius 1 is 1.44 bits per heavy atom. The molecule has 0 spiro atoms. The van der Waals surface area contributed by atoms with Crippen LogP contribution in [-0.4, -0.2) is 18.0 Å². The number of ether oxygens (including phenoxy) is 1. The van der Waals surface area contributed by atoms with Crippen LogP contribution in [0.1, 0.15) is 16.1 Å². The third kappa shape index (κ3) is 3.21. The van der Waals surface area contributed by atoms with Gasteiger partial charge in [0.15, 0.2) is 0 Å². The number of methoxy groups -OCH3 is 1. The number of halogens is 1. The first-order valence-electron chi connectivity index (χ1n) is 5.42. The Kier molecular flexibility index (Phi) is 4.17. The SMILES string of the molecule is COCc1cccc(NC(=O)c2cc(Br)c[nH]2)c1. The predicted octanol–water partition coefficient (Wildman–Crippen LogP) is 3.18. The van der Waals surface area contributed by atoms with Crippen molar-refractivity contribution in [2.45, 2.75) is 6.61 Å². The molecule has 2 rings (SSSR count). The standard InChI is InChI=1S/C13H13BrN2O2/c1-18-8-9-3-2-4-11(5-9)16-13(17)12-6-10(14)7-15-12/h2-7,15H,8H2,1H3,(H,16,17). The van der Waals surface area contributed by atoms with Gasteiger partial charge in [0.1, 0.15) is 5.69 Å². The number of aromatic amines is 1. The summed E-state index contributed by atoms with van der Waals surface area (Å²) >= 11 is 3.29. The molecule has 94 valence electrons. The molecular weight excluding hydrogens is 296 g/mol. The Morgan fingerprint density at radius 3 is 2.94 bits per heavy atom. The molecule has 5 heteroatoms. The second-order valence-electron chi connectivity index (χ2n) is 3.82. The second-order valence-corrected chi connectivity index (χ2v) is 4.73. The van der Waals surface area contributed by atoms with Crippen molar-refractivity contribution in [2.24, 2.45) is 0 Å². The number of aromatic nitrogens is 1. The van der Waals surface area contributed by atoms with E-state index < -0.39 is 0 Å². The molecule has 1 aromatic carbocycles. The first-order chi connectivity index (χ1) is 8.69. The van der Waals surface area contributed by atoms with Crippen molar-refractivity contribution in [1.82, 2.24) is 4.98 Å². The van der Waals surface area contributed by atoms with E-state index in [0.717, 1.165) is 15.7 Å². The van der Waals surface area contributed by atoms with Gasteiger partial charge in [-0.05, 0) is 39.7 Å². The van der Waals surface area contributed by atoms with Gasteiger partial charge in [0, 0.05) is 23.5 Å². The fourth-order valence-electron chi connectivity index (χ4n) is 1.60. The first-order valence-corrected chi connectivity index (χ1v) is 6.21. The van der Waals surface area contributed by atoms with Gasteiger partial charge in [-0.1, -0.05) is 12.1 Å². The second kappa shape index (κ2) is 5.84. The molecule has 0 atom stereocenters. The van der Waals surface area contributed by atoms with E-state index in [4.69, 9.17) is 4.74 Å². The molecule has 0 saturated heterocycles. The van der Waals surface area contributed by atoms with Crippen molar-refractivity contribution in [3.05, 3.63) is 52.3 Å². The van der Waals surface area contributed by atoms with Gasteiger partial charge in [-0.15, -0.1) is 0 Å². The van der Waals surface area contributed by atoms with Crippen LogP contribution in [0.4, 0.5) is 5.69 Å². The van der Waals surface area contributed by atoms with E-state index in [-0.39, 0.29) is 5.91 Å². The number of amides is 1. The highest BCUT2D eigenvalue weighted by molar-refractivity contribution is 9.10. The smallest absolute Gasteiger partial charge is 0.272 e. The molecule has 0 aliphatic rings. The van der Waals surface area contributed by atoms with Crippen LogP contribution in [0.3, 0.4) is 0 Å². The minimum Gasteiger partial charge on any atom is -0.380 e. The summed E-state index contributed by atoms with van der Waals surface area (Å²) in [5, 5.41) is 2.82. The molecule has 0 fully saturated rings. The van der Waals surface area contributed by atoms with Crippen molar-refractivity contribution in [1.29, 1.82) is 0 Å². The van der Waals surface area contributed by atoms with Crippen LogP contribution in [0, 0.1) is 0 Å². The lowest BCUT2D eigenvalue weighted by Crippen LogP contribution is -2.12. The van der Waals surface area contributed by atoms with E-state index in [0.29, 0.717) is 12.3 Å². The average Bonchev–Trinajstić information content (AvgIpc) is 2.77. The lowest BCUT2D eigenvalue weighted by atomic mass is 10.2. The Bertz CT molecular complexity index is 551. The summed E-state index contributed by atoms with van der Waals surface area (Å²) in [4.78, 5) is 14.8. The number of benzene rings is 1. The number of hydrogen-bond donors (Lipinski definition) is 2. The van der Waals surface area contributed by atoms with E-state index in [1.807, 2.05) is 24.3 Å². The number of rotatable bonds is 4. The third-order valence-electron chi connectivity index (χ3n) is 2.39. The quantitative estimate of drug-likeness (QED) is 0.911. The number of carbonyl (C=O) groups is 1. The lowest BCUT2D eigenvalue weighted by Gasteiger charge is -2.06. The van der Waals surface area contributed by atoms with Gasteiger partial charge in [0.2, 0.25) is 0 Å². The Labute approximate surface area is 113 Å². The van der Waals surface area contributed by atoms with Crippen LogP contribution in [-0.2, 0) is 11.3 Å². The summed E-state index contributed by atoms with van der Waals surface area (Å²) in [6.45, 7) is 0.526. The molecule has 0 aliphatic carbocycles. The summed E-state index contributed by atoms with van der Waals surface area (Å²) in [5.41, 5.74) is 2.28. The van der Waals surface area contributed by atoms with Crippen LogP contribution < -0.4 is 5.32 Å². The summed E-state index contributed by atoms with van der Waals surface area (Å²) in [6.07, 6.45) is 1.72. The number of hydrogen-bond acceptors (Lipinski definition) is 2. The Hall–Kier alpha value is -1.59. The molecule has 2 aromatic rings. The van der Waals surface area contributed by atoms with Gasteiger partial charge < -0.3 is 15.0 Å². The van der Waals surface area contributed by atoms with Crippen LogP contribution in [0.2, 0.25) is 0 Å². The van der Waals surface area contributed by atoms with E-state index >= 15 is 0 Å². The van der Waals surface area contributed by atoms with E-state index in [9.17, 15) is 4.79 Å². The van der Waals surface area contributed by atoms with E-state index in [2.05, 4.69) is 26.2 Å². The van der Waals surface area contributed by atoms with Gasteiger partial charge in [-0.3, -0.25) is 4.79 Å². The average molecular weight is 309 g/mol. The highest BCUT2D eigenvalue weighted by Gasteiger charge is 2.08. The Balaban J connectivity index is 2.09. The number of anilines is 1. The topological polar surface area (TPSA) is 54.1 Å². The maximum absolute atomic E-state index is 11.9. The van der Waals surface area contributed by atoms with Crippen LogP contribution in [0.5, 0.6) is 0 Å². The van der Waals surface area contributed by atoms with Crippen molar-refractivity contribution < 1.29 is 9.53 Å².